The Bertz CT molecular complexity index is 2320. The van der Waals surface area contributed by atoms with Crippen LogP contribution in [0.3, 0.4) is 0 Å². The number of nitrogens with zero attached hydrogens (tertiary/aromatic N) is 3. The largest absolute Gasteiger partial charge is 0.445 e. The summed E-state index contributed by atoms with van der Waals surface area (Å²) in [7, 11) is 6.12. The fourth-order valence-electron chi connectivity index (χ4n) is 10.2. The molecular formula is C58H94N10O12. The summed E-state index contributed by atoms with van der Waals surface area (Å²) in [5, 5.41) is 24.8. The van der Waals surface area contributed by atoms with E-state index in [9.17, 15) is 43.5 Å². The van der Waals surface area contributed by atoms with E-state index in [1.165, 1.54) is 26.2 Å². The van der Waals surface area contributed by atoms with Gasteiger partial charge in [-0.1, -0.05) is 111 Å². The molecule has 0 saturated carbocycles. The predicted molar refractivity (Wildman–Crippen MR) is 305 cm³/mol. The van der Waals surface area contributed by atoms with E-state index in [1.807, 2.05) is 45.9 Å². The van der Waals surface area contributed by atoms with Gasteiger partial charge < -0.3 is 67.2 Å². The van der Waals surface area contributed by atoms with E-state index >= 15 is 0 Å². The molecule has 1 heterocycles. The summed E-state index contributed by atoms with van der Waals surface area (Å²) >= 11 is 0. The van der Waals surface area contributed by atoms with Crippen molar-refractivity contribution in [2.75, 3.05) is 46.7 Å². The summed E-state index contributed by atoms with van der Waals surface area (Å²) in [5.74, 6) is -4.32. The second-order valence-electron chi connectivity index (χ2n) is 22.3. The number of hydrogen-bond donors (Lipinski definition) is 8. The maximum atomic E-state index is 14.7. The highest BCUT2D eigenvalue weighted by Gasteiger charge is 2.44. The Balaban J connectivity index is 1.70. The van der Waals surface area contributed by atoms with Crippen LogP contribution in [0.4, 0.5) is 15.3 Å². The standard InChI is InChI=1S/C58H94N10O12/c1-15-36(8)49(44(78-13)31-45(69)68-30-20-24-43(68)51(79-14)37(9)52(71)62-38(10)50(70)40-21-17-16-18-22-40)66(11)56(75)47(34(4)5)65-55(74)48(35(6)7)67(12)58(77)80-32-39-25-27-41(28-26-39)63-53(72)42(23-19-29-61-57(60)76)64-54(73)46(59)33(2)3/h16-18,21-22,25-28,33-38,42-44,46-51,70H,15,19-20,23-24,29-32,59H2,1-14H3,(H,62,71)(H,63,72)(H,64,73)(H,65,74)(H3,60,61,76)/t36-,37+,38-,42-,43-,44-,46-,47-,48-,49-,50-,51+/m0/s1. The monoisotopic (exact) mass is 1120 g/mol. The fourth-order valence-corrected chi connectivity index (χ4v) is 10.2. The summed E-state index contributed by atoms with van der Waals surface area (Å²) in [6.07, 6.45) is -0.736. The van der Waals surface area contributed by atoms with Gasteiger partial charge in [0.1, 0.15) is 24.7 Å². The summed E-state index contributed by atoms with van der Waals surface area (Å²) < 4.78 is 17.7. The van der Waals surface area contributed by atoms with Crippen LogP contribution in [0.15, 0.2) is 54.6 Å². The summed E-state index contributed by atoms with van der Waals surface area (Å²) in [5.41, 5.74) is 12.8. The van der Waals surface area contributed by atoms with Crippen molar-refractivity contribution in [1.29, 1.82) is 0 Å². The lowest BCUT2D eigenvalue weighted by molar-refractivity contribution is -0.148. The van der Waals surface area contributed by atoms with Crippen molar-refractivity contribution < 1.29 is 57.7 Å². The maximum absolute atomic E-state index is 14.7. The molecule has 9 amide bonds. The highest BCUT2D eigenvalue weighted by molar-refractivity contribution is 5.98. The van der Waals surface area contributed by atoms with Crippen molar-refractivity contribution in [3.8, 4) is 0 Å². The molecule has 0 radical (unpaired) electrons. The Morgan fingerprint density at radius 3 is 1.96 bits per heavy atom. The molecule has 22 heteroatoms. The average molecular weight is 1120 g/mol. The Morgan fingerprint density at radius 1 is 0.775 bits per heavy atom. The second-order valence-corrected chi connectivity index (χ2v) is 22.3. The molecule has 0 spiro atoms. The predicted octanol–water partition coefficient (Wildman–Crippen LogP) is 4.43. The molecule has 0 bridgehead atoms. The number of aliphatic hydroxyl groups excluding tert-OH is 1. The molecule has 1 saturated heterocycles. The van der Waals surface area contributed by atoms with Gasteiger partial charge in [-0.15, -0.1) is 0 Å². The number of primary amides is 1. The topological polar surface area (TPSA) is 306 Å². The van der Waals surface area contributed by atoms with Crippen LogP contribution in [0.2, 0.25) is 0 Å². The molecule has 0 aromatic heterocycles. The summed E-state index contributed by atoms with van der Waals surface area (Å²) in [6, 6.07) is 9.37. The number of nitrogens with two attached hydrogens (primary N) is 2. The quantitative estimate of drug-likeness (QED) is 0.0485. The summed E-state index contributed by atoms with van der Waals surface area (Å²) in [6.45, 7) is 18.7. The number of urea groups is 1. The number of nitrogens with one attached hydrogen (secondary N) is 5. The minimum Gasteiger partial charge on any atom is -0.445 e. The number of benzene rings is 2. The average Bonchev–Trinajstić information content (AvgIpc) is 3.91. The number of likely N-dealkylation sites (tertiary alicyclic amines) is 1. The van der Waals surface area contributed by atoms with Crippen LogP contribution < -0.4 is 38.1 Å². The van der Waals surface area contributed by atoms with E-state index in [4.69, 9.17) is 25.7 Å². The van der Waals surface area contributed by atoms with Crippen LogP contribution in [0.25, 0.3) is 0 Å². The highest BCUT2D eigenvalue weighted by Crippen LogP contribution is 2.30. The lowest BCUT2D eigenvalue weighted by Gasteiger charge is -2.41. The Kier molecular flexibility index (Phi) is 27.8. The molecule has 1 fully saturated rings. The molecule has 1 aliphatic rings. The van der Waals surface area contributed by atoms with Gasteiger partial charge in [0.25, 0.3) is 0 Å². The fraction of sp³-hybridized carbons (Fsp3) is 0.655. The molecule has 80 heavy (non-hydrogen) atoms. The van der Waals surface area contributed by atoms with Crippen LogP contribution in [-0.2, 0) is 49.6 Å². The van der Waals surface area contributed by atoms with Gasteiger partial charge in [-0.05, 0) is 79.5 Å². The number of anilines is 1. The van der Waals surface area contributed by atoms with E-state index in [-0.39, 0.29) is 49.6 Å². The van der Waals surface area contributed by atoms with Crippen molar-refractivity contribution in [3.05, 3.63) is 65.7 Å². The van der Waals surface area contributed by atoms with E-state index < -0.39 is 114 Å². The number of amides is 9. The second kappa shape index (κ2) is 32.8. The number of rotatable bonds is 31. The van der Waals surface area contributed by atoms with Gasteiger partial charge in [-0.25, -0.2) is 9.59 Å². The molecule has 0 aliphatic carbocycles. The van der Waals surface area contributed by atoms with Gasteiger partial charge in [0, 0.05) is 47.1 Å². The number of aliphatic hydroxyl groups is 1. The third-order valence-electron chi connectivity index (χ3n) is 15.3. The Morgan fingerprint density at radius 2 is 1.41 bits per heavy atom. The van der Waals surface area contributed by atoms with Crippen LogP contribution in [0, 0.1) is 29.6 Å². The number of hydrogen-bond acceptors (Lipinski definition) is 13. The van der Waals surface area contributed by atoms with Crippen molar-refractivity contribution in [2.45, 2.75) is 175 Å². The minimum atomic E-state index is -1.05. The lowest BCUT2D eigenvalue weighted by Crippen LogP contribution is -2.60. The number of carbonyl (C=O) groups is 8. The number of methoxy groups -OCH3 is 2. The van der Waals surface area contributed by atoms with Crippen LogP contribution >= 0.6 is 0 Å². The van der Waals surface area contributed by atoms with Gasteiger partial charge in [0.05, 0.1) is 54.8 Å². The zero-order valence-corrected chi connectivity index (χ0v) is 49.7. The van der Waals surface area contributed by atoms with Crippen molar-refractivity contribution in [2.24, 2.45) is 41.1 Å². The van der Waals surface area contributed by atoms with Crippen LogP contribution in [0.5, 0.6) is 0 Å². The molecule has 2 aromatic rings. The first kappa shape index (κ1) is 67.9. The van der Waals surface area contributed by atoms with Gasteiger partial charge in [-0.2, -0.15) is 0 Å². The van der Waals surface area contributed by atoms with Crippen molar-refractivity contribution in [3.63, 3.8) is 0 Å². The van der Waals surface area contributed by atoms with E-state index in [0.717, 1.165) is 0 Å². The molecule has 0 unspecified atom stereocenters. The SMILES string of the molecule is CC[C@H](C)[C@@H]([C@H](CC(=O)N1CCC[C@H]1[C@H](OC)[C@@H](C)C(=O)N[C@@H](C)[C@H](O)c1ccccc1)OC)N(C)C(=O)[C@@H](NC(=O)[C@H](C(C)C)N(C)C(=O)OCc1ccc(NC(=O)[C@H](CCCNC(N)=O)NC(=O)[C@@H](N)C(C)C)cc1)C(C)C. The van der Waals surface area contributed by atoms with Crippen molar-refractivity contribution in [1.82, 2.24) is 36.0 Å². The molecule has 10 N–H and O–H groups in total. The number of carbonyl (C=O) groups excluding carboxylic acids is 8. The van der Waals surface area contributed by atoms with E-state index in [1.54, 1.807) is 94.8 Å². The first-order chi connectivity index (χ1) is 37.7. The van der Waals surface area contributed by atoms with Crippen molar-refractivity contribution >= 4 is 53.3 Å². The molecule has 1 aliphatic heterocycles. The molecular weight excluding hydrogens is 1030 g/mol. The first-order valence-electron chi connectivity index (χ1n) is 28.0. The Labute approximate surface area is 473 Å². The smallest absolute Gasteiger partial charge is 0.410 e. The normalized spacial score (nSPS) is 17.6. The molecule has 3 rings (SSSR count). The van der Waals surface area contributed by atoms with Crippen LogP contribution in [-0.4, -0.2) is 163 Å². The summed E-state index contributed by atoms with van der Waals surface area (Å²) in [4.78, 5) is 112. The third-order valence-corrected chi connectivity index (χ3v) is 15.3. The molecule has 22 nitrogen and oxygen atoms in total. The zero-order valence-electron chi connectivity index (χ0n) is 49.7. The highest BCUT2D eigenvalue weighted by atomic mass is 16.6. The Hall–Kier alpha value is -6.36. The maximum Gasteiger partial charge on any atom is 0.410 e. The molecule has 448 valence electrons. The van der Waals surface area contributed by atoms with Gasteiger partial charge in [0.2, 0.25) is 35.4 Å². The number of likely N-dealkylation sites (N-methyl/N-ethyl adjacent to an activating group) is 2. The molecule has 2 aromatic carbocycles. The third kappa shape index (κ3) is 19.4. The first-order valence-corrected chi connectivity index (χ1v) is 28.0. The number of ether oxygens (including phenoxy) is 3. The van der Waals surface area contributed by atoms with E-state index in [2.05, 4.69) is 26.6 Å². The van der Waals surface area contributed by atoms with Gasteiger partial charge in [-0.3, -0.25) is 33.7 Å². The zero-order chi connectivity index (χ0) is 60.1. The molecule has 12 atom stereocenters. The minimum absolute atomic E-state index is 0.0747. The van der Waals surface area contributed by atoms with Gasteiger partial charge >= 0.3 is 12.1 Å². The van der Waals surface area contributed by atoms with E-state index in [0.29, 0.717) is 49.0 Å². The van der Waals surface area contributed by atoms with Gasteiger partial charge in [0.15, 0.2) is 0 Å². The van der Waals surface area contributed by atoms with Crippen LogP contribution in [0.1, 0.15) is 125 Å². The lowest BCUT2D eigenvalue weighted by atomic mass is 9.89.